The summed E-state index contributed by atoms with van der Waals surface area (Å²) in [5.41, 5.74) is 2.61. The van der Waals surface area contributed by atoms with Crippen LogP contribution in [-0.2, 0) is 17.9 Å². The number of hydrogen-bond acceptors (Lipinski definition) is 2. The molecule has 94 valence electrons. The van der Waals surface area contributed by atoms with E-state index in [1.807, 2.05) is 0 Å². The molecule has 1 fully saturated rings. The van der Waals surface area contributed by atoms with Gasteiger partial charge >= 0.3 is 0 Å². The van der Waals surface area contributed by atoms with E-state index in [1.54, 1.807) is 7.11 Å². The first-order chi connectivity index (χ1) is 8.38. The van der Waals surface area contributed by atoms with Gasteiger partial charge in [-0.05, 0) is 36.4 Å². The number of hydrogen-bond donors (Lipinski definition) is 1. The topological polar surface area (TPSA) is 21.3 Å². The van der Waals surface area contributed by atoms with Crippen molar-refractivity contribution in [2.75, 3.05) is 13.7 Å². The molecule has 0 saturated heterocycles. The van der Waals surface area contributed by atoms with Crippen LogP contribution in [0.5, 0.6) is 0 Å². The van der Waals surface area contributed by atoms with Crippen LogP contribution >= 0.6 is 0 Å². The Morgan fingerprint density at radius 1 is 1.29 bits per heavy atom. The largest absolute Gasteiger partial charge is 0.380 e. The van der Waals surface area contributed by atoms with Gasteiger partial charge in [-0.25, -0.2) is 0 Å². The highest BCUT2D eigenvalue weighted by molar-refractivity contribution is 5.22. The quantitative estimate of drug-likeness (QED) is 0.697. The van der Waals surface area contributed by atoms with E-state index < -0.39 is 0 Å². The van der Waals surface area contributed by atoms with Crippen LogP contribution in [-0.4, -0.2) is 13.7 Å². The smallest absolute Gasteiger partial charge is 0.0713 e. The molecule has 2 heteroatoms. The molecule has 1 aliphatic carbocycles. The van der Waals surface area contributed by atoms with Crippen molar-refractivity contribution in [1.29, 1.82) is 0 Å². The van der Waals surface area contributed by atoms with Gasteiger partial charge in [-0.1, -0.05) is 37.1 Å². The summed E-state index contributed by atoms with van der Waals surface area (Å²) >= 11 is 0. The van der Waals surface area contributed by atoms with Crippen molar-refractivity contribution in [1.82, 2.24) is 5.32 Å². The van der Waals surface area contributed by atoms with Gasteiger partial charge in [0, 0.05) is 13.7 Å². The molecule has 0 spiro atoms. The van der Waals surface area contributed by atoms with Gasteiger partial charge in [0.15, 0.2) is 0 Å². The minimum Gasteiger partial charge on any atom is -0.380 e. The normalized spacial score (nSPS) is 15.1. The molecule has 2 nitrogen and oxygen atoms in total. The van der Waals surface area contributed by atoms with Crippen molar-refractivity contribution in [3.63, 3.8) is 0 Å². The van der Waals surface area contributed by atoms with E-state index in [9.17, 15) is 0 Å². The fraction of sp³-hybridized carbons (Fsp3) is 0.600. The number of methoxy groups -OCH3 is 1. The maximum Gasteiger partial charge on any atom is 0.0713 e. The van der Waals surface area contributed by atoms with Crippen molar-refractivity contribution < 1.29 is 4.74 Å². The van der Waals surface area contributed by atoms with Crippen molar-refractivity contribution in [2.24, 2.45) is 5.92 Å². The average molecular weight is 233 g/mol. The minimum atomic E-state index is 0.704. The van der Waals surface area contributed by atoms with Gasteiger partial charge in [0.2, 0.25) is 0 Å². The van der Waals surface area contributed by atoms with Gasteiger partial charge < -0.3 is 10.1 Å². The highest BCUT2D eigenvalue weighted by Crippen LogP contribution is 2.33. The molecular formula is C15H23NO. The first kappa shape index (κ1) is 12.6. The number of nitrogens with one attached hydrogen (secondary N) is 1. The molecule has 17 heavy (non-hydrogen) atoms. The third-order valence-corrected chi connectivity index (χ3v) is 3.29. The monoisotopic (exact) mass is 233 g/mol. The van der Waals surface area contributed by atoms with Gasteiger partial charge in [-0.15, -0.1) is 0 Å². The molecule has 0 atom stereocenters. The summed E-state index contributed by atoms with van der Waals surface area (Å²) < 4.78 is 5.14. The fourth-order valence-corrected chi connectivity index (χ4v) is 2.15. The summed E-state index contributed by atoms with van der Waals surface area (Å²) in [4.78, 5) is 0. The van der Waals surface area contributed by atoms with Crippen molar-refractivity contribution in [3.8, 4) is 0 Å². The van der Waals surface area contributed by atoms with Crippen LogP contribution in [0.1, 0.15) is 36.8 Å². The molecule has 1 aliphatic rings. The number of rotatable bonds is 8. The molecule has 0 heterocycles. The molecule has 1 saturated carbocycles. The van der Waals surface area contributed by atoms with Crippen molar-refractivity contribution in [3.05, 3.63) is 35.4 Å². The van der Waals surface area contributed by atoms with Crippen molar-refractivity contribution in [2.45, 2.75) is 38.8 Å². The van der Waals surface area contributed by atoms with E-state index in [4.69, 9.17) is 4.74 Å². The predicted octanol–water partition coefficient (Wildman–Crippen LogP) is 3.11. The van der Waals surface area contributed by atoms with Gasteiger partial charge in [-0.2, -0.15) is 0 Å². The van der Waals surface area contributed by atoms with E-state index in [0.717, 1.165) is 19.0 Å². The Morgan fingerprint density at radius 3 is 2.88 bits per heavy atom. The van der Waals surface area contributed by atoms with Gasteiger partial charge in [0.1, 0.15) is 0 Å². The molecule has 0 aromatic heterocycles. The Bertz CT molecular complexity index is 333. The molecular weight excluding hydrogens is 210 g/mol. The highest BCUT2D eigenvalue weighted by Gasteiger charge is 2.19. The Labute approximate surface area is 104 Å². The molecule has 1 aromatic rings. The van der Waals surface area contributed by atoms with Crippen LogP contribution in [0.4, 0.5) is 0 Å². The van der Waals surface area contributed by atoms with E-state index in [2.05, 4.69) is 29.6 Å². The van der Waals surface area contributed by atoms with E-state index in [0.29, 0.717) is 6.61 Å². The maximum absolute atomic E-state index is 5.14. The Kier molecular flexibility index (Phi) is 5.02. The molecule has 0 radical (unpaired) electrons. The second-order valence-electron chi connectivity index (χ2n) is 5.02. The molecule has 0 amide bonds. The highest BCUT2D eigenvalue weighted by atomic mass is 16.5. The fourth-order valence-electron chi connectivity index (χ4n) is 2.15. The molecule has 1 aromatic carbocycles. The van der Waals surface area contributed by atoms with Crippen LogP contribution in [0.25, 0.3) is 0 Å². The summed E-state index contributed by atoms with van der Waals surface area (Å²) in [6.45, 7) is 2.82. The van der Waals surface area contributed by atoms with Crippen LogP contribution < -0.4 is 5.32 Å². The lowest BCUT2D eigenvalue weighted by Gasteiger charge is -2.06. The lowest BCUT2D eigenvalue weighted by molar-refractivity contribution is 0.185. The summed E-state index contributed by atoms with van der Waals surface area (Å²) in [6.07, 6.45) is 5.68. The maximum atomic E-state index is 5.14. The molecule has 0 bridgehead atoms. The van der Waals surface area contributed by atoms with E-state index in [1.165, 1.54) is 36.8 Å². The SMILES string of the molecule is COCc1cccc(CNCCCC2CC2)c1. The van der Waals surface area contributed by atoms with Crippen LogP contribution in [0.3, 0.4) is 0 Å². The first-order valence-electron chi connectivity index (χ1n) is 6.66. The molecule has 0 unspecified atom stereocenters. The summed E-state index contributed by atoms with van der Waals surface area (Å²) in [6, 6.07) is 8.61. The minimum absolute atomic E-state index is 0.704. The lowest BCUT2D eigenvalue weighted by atomic mass is 10.1. The van der Waals surface area contributed by atoms with E-state index in [-0.39, 0.29) is 0 Å². The second kappa shape index (κ2) is 6.77. The molecule has 1 N–H and O–H groups in total. The van der Waals surface area contributed by atoms with Crippen molar-refractivity contribution >= 4 is 0 Å². The third kappa shape index (κ3) is 4.88. The van der Waals surface area contributed by atoms with Gasteiger partial charge in [0.05, 0.1) is 6.61 Å². The first-order valence-corrected chi connectivity index (χ1v) is 6.66. The summed E-state index contributed by atoms with van der Waals surface area (Å²) in [5, 5.41) is 3.51. The Balaban J connectivity index is 1.64. The zero-order valence-corrected chi connectivity index (χ0v) is 10.7. The van der Waals surface area contributed by atoms with Crippen LogP contribution in [0.2, 0.25) is 0 Å². The number of benzene rings is 1. The van der Waals surface area contributed by atoms with Gasteiger partial charge in [-0.3, -0.25) is 0 Å². The number of ether oxygens (including phenoxy) is 1. The Hall–Kier alpha value is -0.860. The summed E-state index contributed by atoms with van der Waals surface area (Å²) in [7, 11) is 1.74. The van der Waals surface area contributed by atoms with Crippen LogP contribution in [0.15, 0.2) is 24.3 Å². The van der Waals surface area contributed by atoms with Gasteiger partial charge in [0.25, 0.3) is 0 Å². The second-order valence-corrected chi connectivity index (χ2v) is 5.02. The zero-order chi connectivity index (χ0) is 11.9. The lowest BCUT2D eigenvalue weighted by Crippen LogP contribution is -2.14. The van der Waals surface area contributed by atoms with Crippen LogP contribution in [0, 0.1) is 5.92 Å². The standard InChI is InChI=1S/C15H23NO/c1-17-12-15-5-2-4-14(10-15)11-16-9-3-6-13-7-8-13/h2,4-5,10,13,16H,3,6-9,11-12H2,1H3. The molecule has 2 rings (SSSR count). The molecule has 0 aliphatic heterocycles. The van der Waals surface area contributed by atoms with E-state index >= 15 is 0 Å². The average Bonchev–Trinajstić information content (AvgIpc) is 3.14. The predicted molar refractivity (Wildman–Crippen MR) is 70.8 cm³/mol. The Morgan fingerprint density at radius 2 is 2.12 bits per heavy atom. The summed E-state index contributed by atoms with van der Waals surface area (Å²) in [5.74, 6) is 1.06. The zero-order valence-electron chi connectivity index (χ0n) is 10.7. The third-order valence-electron chi connectivity index (χ3n) is 3.29.